The molecule has 1 aliphatic rings. The predicted molar refractivity (Wildman–Crippen MR) is 63.6 cm³/mol. The Labute approximate surface area is 89.2 Å². The molecule has 0 aromatic rings. The van der Waals surface area contributed by atoms with E-state index in [0.717, 1.165) is 11.3 Å². The van der Waals surface area contributed by atoms with Crippen molar-refractivity contribution in [3.63, 3.8) is 0 Å². The molecule has 1 aliphatic carbocycles. The highest BCUT2D eigenvalue weighted by Gasteiger charge is 2.37. The Bertz CT molecular complexity index is 86.9. The second-order valence-electron chi connectivity index (χ2n) is 3.45. The van der Waals surface area contributed by atoms with Crippen LogP contribution >= 0.6 is 24.0 Å². The quantitative estimate of drug-likeness (QED) is 0.616. The maximum atomic E-state index is 2.40. The van der Waals surface area contributed by atoms with E-state index in [2.05, 4.69) is 20.8 Å². The molecule has 0 aromatic carbocycles. The molecule has 1 rings (SSSR count). The first kappa shape index (κ1) is 14.3. The number of hydrogen-bond donors (Lipinski definition) is 0. The lowest BCUT2D eigenvalue weighted by molar-refractivity contribution is 0.0614. The summed E-state index contributed by atoms with van der Waals surface area (Å²) in [6, 6.07) is 0. The van der Waals surface area contributed by atoms with Gasteiger partial charge in [0.2, 0.25) is 0 Å². The third kappa shape index (κ3) is 3.30. The third-order valence-electron chi connectivity index (χ3n) is 3.15. The van der Waals surface area contributed by atoms with E-state index in [1.54, 1.807) is 0 Å². The molecular formula is C10H23I. The van der Waals surface area contributed by atoms with Crippen LogP contribution < -0.4 is 0 Å². The molecule has 0 aromatic heterocycles. The minimum atomic E-state index is 0. The Morgan fingerprint density at radius 2 is 1.82 bits per heavy atom. The van der Waals surface area contributed by atoms with E-state index in [1.165, 1.54) is 19.3 Å². The van der Waals surface area contributed by atoms with Gasteiger partial charge in [0, 0.05) is 0 Å². The first-order valence-corrected chi connectivity index (χ1v) is 4.69. The van der Waals surface area contributed by atoms with Gasteiger partial charge in [0.05, 0.1) is 0 Å². The van der Waals surface area contributed by atoms with E-state index >= 15 is 0 Å². The summed E-state index contributed by atoms with van der Waals surface area (Å²) in [5, 5.41) is 0. The zero-order chi connectivity index (χ0) is 8.20. The number of rotatable bonds is 1. The predicted octanol–water partition coefficient (Wildman–Crippen LogP) is 4.48. The van der Waals surface area contributed by atoms with Crippen LogP contribution in [0.3, 0.4) is 0 Å². The second kappa shape index (κ2) is 6.27. The molecule has 1 fully saturated rings. The third-order valence-corrected chi connectivity index (χ3v) is 3.15. The number of halogens is 1. The van der Waals surface area contributed by atoms with E-state index in [9.17, 15) is 0 Å². The average molecular weight is 270 g/mol. The van der Waals surface area contributed by atoms with E-state index < -0.39 is 0 Å². The van der Waals surface area contributed by atoms with E-state index in [-0.39, 0.29) is 24.0 Å². The van der Waals surface area contributed by atoms with Gasteiger partial charge < -0.3 is 0 Å². The van der Waals surface area contributed by atoms with Gasteiger partial charge in [-0.1, -0.05) is 41.0 Å². The van der Waals surface area contributed by atoms with E-state index in [4.69, 9.17) is 0 Å². The summed E-state index contributed by atoms with van der Waals surface area (Å²) < 4.78 is 0. The fraction of sp³-hybridized carbons (Fsp3) is 1.00. The fourth-order valence-electron chi connectivity index (χ4n) is 1.45. The van der Waals surface area contributed by atoms with E-state index in [0.29, 0.717) is 0 Å². The van der Waals surface area contributed by atoms with Gasteiger partial charge in [-0.25, -0.2) is 0 Å². The molecule has 2 unspecified atom stereocenters. The molecule has 0 radical (unpaired) electrons. The summed E-state index contributed by atoms with van der Waals surface area (Å²) >= 11 is 0. The lowest BCUT2D eigenvalue weighted by Gasteiger charge is -2.45. The summed E-state index contributed by atoms with van der Waals surface area (Å²) in [6.07, 6.45) is 4.29. The monoisotopic (exact) mass is 270 g/mol. The molecular weight excluding hydrogens is 247 g/mol. The van der Waals surface area contributed by atoms with Crippen molar-refractivity contribution in [2.24, 2.45) is 11.3 Å². The lowest BCUT2D eigenvalue weighted by Crippen LogP contribution is -2.34. The summed E-state index contributed by atoms with van der Waals surface area (Å²) in [5.41, 5.74) is 0.722. The molecule has 1 heteroatoms. The van der Waals surface area contributed by atoms with Crippen LogP contribution in [0, 0.1) is 11.3 Å². The SMILES string of the molecule is CC.CCC1(C)CCC1C.I. The van der Waals surface area contributed by atoms with Gasteiger partial charge in [-0.2, -0.15) is 0 Å². The van der Waals surface area contributed by atoms with Crippen molar-refractivity contribution in [3.8, 4) is 0 Å². The maximum absolute atomic E-state index is 2.40. The Morgan fingerprint density at radius 1 is 1.36 bits per heavy atom. The molecule has 0 aliphatic heterocycles. The van der Waals surface area contributed by atoms with Crippen LogP contribution in [-0.4, -0.2) is 0 Å². The average Bonchev–Trinajstić information content (AvgIpc) is 2.04. The Kier molecular flexibility index (Phi) is 8.13. The van der Waals surface area contributed by atoms with Gasteiger partial charge in [-0.15, -0.1) is 24.0 Å². The zero-order valence-corrected chi connectivity index (χ0v) is 10.9. The molecule has 0 bridgehead atoms. The molecule has 70 valence electrons. The topological polar surface area (TPSA) is 0 Å². The highest BCUT2D eigenvalue weighted by atomic mass is 127. The molecule has 0 saturated heterocycles. The van der Waals surface area contributed by atoms with Crippen molar-refractivity contribution in [2.45, 2.75) is 53.9 Å². The van der Waals surface area contributed by atoms with Crippen molar-refractivity contribution in [1.29, 1.82) is 0 Å². The molecule has 0 heterocycles. The Hall–Kier alpha value is 0.730. The summed E-state index contributed by atoms with van der Waals surface area (Å²) in [6.45, 7) is 11.1. The Morgan fingerprint density at radius 3 is 1.82 bits per heavy atom. The van der Waals surface area contributed by atoms with Crippen LogP contribution in [0.15, 0.2) is 0 Å². The van der Waals surface area contributed by atoms with Crippen molar-refractivity contribution in [3.05, 3.63) is 0 Å². The second-order valence-corrected chi connectivity index (χ2v) is 3.45. The van der Waals surface area contributed by atoms with Crippen LogP contribution in [-0.2, 0) is 0 Å². The largest absolute Gasteiger partial charge is 0.107 e. The van der Waals surface area contributed by atoms with Gasteiger partial charge in [-0.3, -0.25) is 0 Å². The molecule has 11 heavy (non-hydrogen) atoms. The molecule has 0 amide bonds. The first-order chi connectivity index (χ1) is 4.69. The van der Waals surface area contributed by atoms with Crippen LogP contribution in [0.5, 0.6) is 0 Å². The van der Waals surface area contributed by atoms with Gasteiger partial charge in [-0.05, 0) is 24.2 Å². The summed E-state index contributed by atoms with van der Waals surface area (Å²) in [5.74, 6) is 0.993. The van der Waals surface area contributed by atoms with Gasteiger partial charge in [0.1, 0.15) is 0 Å². The first-order valence-electron chi connectivity index (χ1n) is 4.69. The van der Waals surface area contributed by atoms with Crippen molar-refractivity contribution in [1.82, 2.24) is 0 Å². The van der Waals surface area contributed by atoms with Crippen LogP contribution in [0.1, 0.15) is 53.9 Å². The van der Waals surface area contributed by atoms with Crippen LogP contribution in [0.2, 0.25) is 0 Å². The molecule has 1 saturated carbocycles. The number of hydrogen-bond acceptors (Lipinski definition) is 0. The standard InChI is InChI=1S/C8H16.C2H6.HI/c1-4-8(3)6-5-7(8)2;1-2;/h7H,4-6H2,1-3H3;1-2H3;1H. The molecule has 0 N–H and O–H groups in total. The van der Waals surface area contributed by atoms with E-state index in [1.807, 2.05) is 13.8 Å². The van der Waals surface area contributed by atoms with Gasteiger partial charge >= 0.3 is 0 Å². The summed E-state index contributed by atoms with van der Waals surface area (Å²) in [4.78, 5) is 0. The lowest BCUT2D eigenvalue weighted by atomic mass is 9.61. The normalized spacial score (nSPS) is 34.1. The maximum Gasteiger partial charge on any atom is -0.0303 e. The fourth-order valence-corrected chi connectivity index (χ4v) is 1.45. The zero-order valence-electron chi connectivity index (χ0n) is 8.61. The highest BCUT2D eigenvalue weighted by molar-refractivity contribution is 14.0. The smallest absolute Gasteiger partial charge is 0.0303 e. The minimum Gasteiger partial charge on any atom is -0.107 e. The van der Waals surface area contributed by atoms with Crippen molar-refractivity contribution < 1.29 is 0 Å². The van der Waals surface area contributed by atoms with Gasteiger partial charge in [0.25, 0.3) is 0 Å². The van der Waals surface area contributed by atoms with Crippen LogP contribution in [0.4, 0.5) is 0 Å². The van der Waals surface area contributed by atoms with Crippen molar-refractivity contribution >= 4 is 24.0 Å². The van der Waals surface area contributed by atoms with Crippen molar-refractivity contribution in [2.75, 3.05) is 0 Å². The van der Waals surface area contributed by atoms with Gasteiger partial charge in [0.15, 0.2) is 0 Å². The Balaban J connectivity index is 0. The summed E-state index contributed by atoms with van der Waals surface area (Å²) in [7, 11) is 0. The highest BCUT2D eigenvalue weighted by Crippen LogP contribution is 2.48. The van der Waals surface area contributed by atoms with Crippen LogP contribution in [0.25, 0.3) is 0 Å². The molecule has 0 nitrogen and oxygen atoms in total. The molecule has 2 atom stereocenters. The minimum absolute atomic E-state index is 0. The molecule has 0 spiro atoms.